The number of methoxy groups -OCH3 is 1. The second-order valence-corrected chi connectivity index (χ2v) is 5.96. The highest BCUT2D eigenvalue weighted by Crippen LogP contribution is 2.24. The summed E-state index contributed by atoms with van der Waals surface area (Å²) in [6.07, 6.45) is 0. The van der Waals surface area contributed by atoms with E-state index in [2.05, 4.69) is 5.32 Å². The van der Waals surface area contributed by atoms with Gasteiger partial charge in [-0.25, -0.2) is 9.18 Å². The molecule has 0 aromatic heterocycles. The molecule has 2 aromatic rings. The lowest BCUT2D eigenvalue weighted by atomic mass is 10.0. The number of hydrogen-bond acceptors (Lipinski definition) is 3. The molecule has 2 rings (SSSR count). The molecule has 0 radical (unpaired) electrons. The van der Waals surface area contributed by atoms with E-state index >= 15 is 0 Å². The van der Waals surface area contributed by atoms with Gasteiger partial charge in [-0.2, -0.15) is 0 Å². The summed E-state index contributed by atoms with van der Waals surface area (Å²) in [6.45, 7) is 3.34. The summed E-state index contributed by atoms with van der Waals surface area (Å²) in [5, 5.41) is 11.5. The monoisotopic (exact) mass is 345 g/mol. The van der Waals surface area contributed by atoms with E-state index in [1.807, 2.05) is 0 Å². The Morgan fingerprint density at radius 1 is 1.08 bits per heavy atom. The number of aliphatic carboxylic acids is 1. The van der Waals surface area contributed by atoms with Crippen LogP contribution in [0.25, 0.3) is 11.1 Å². The molecule has 0 unspecified atom stereocenters. The van der Waals surface area contributed by atoms with Crippen molar-refractivity contribution >= 4 is 11.9 Å². The molecule has 0 spiro atoms. The minimum atomic E-state index is -1.15. The predicted molar refractivity (Wildman–Crippen MR) is 92.1 cm³/mol. The zero-order valence-corrected chi connectivity index (χ0v) is 14.2. The molecule has 0 saturated heterocycles. The second kappa shape index (κ2) is 7.79. The molecule has 132 valence electrons. The molecule has 0 aliphatic heterocycles. The number of rotatable bonds is 6. The Hall–Kier alpha value is -2.89. The molecule has 0 aliphatic rings. The van der Waals surface area contributed by atoms with E-state index in [9.17, 15) is 14.0 Å². The van der Waals surface area contributed by atoms with Crippen molar-refractivity contribution in [2.75, 3.05) is 7.11 Å². The van der Waals surface area contributed by atoms with Gasteiger partial charge in [0.1, 0.15) is 17.6 Å². The number of amides is 1. The number of hydrogen-bond donors (Lipinski definition) is 2. The summed E-state index contributed by atoms with van der Waals surface area (Å²) in [7, 11) is 1.56. The molecule has 2 aromatic carbocycles. The molecule has 5 nitrogen and oxygen atoms in total. The third kappa shape index (κ3) is 4.35. The van der Waals surface area contributed by atoms with E-state index in [1.54, 1.807) is 51.3 Å². The van der Waals surface area contributed by atoms with Crippen LogP contribution in [0.5, 0.6) is 5.75 Å². The van der Waals surface area contributed by atoms with Crippen LogP contribution in [0.1, 0.15) is 24.2 Å². The number of carbonyl (C=O) groups is 2. The molecule has 0 fully saturated rings. The number of halogens is 1. The minimum Gasteiger partial charge on any atom is -0.497 e. The molecule has 1 atom stereocenters. The van der Waals surface area contributed by atoms with Crippen LogP contribution in [0.2, 0.25) is 0 Å². The third-order valence-corrected chi connectivity index (χ3v) is 3.86. The van der Waals surface area contributed by atoms with Crippen molar-refractivity contribution in [1.29, 1.82) is 0 Å². The number of carboxylic acid groups (broad SMARTS) is 1. The Bertz CT molecular complexity index is 771. The quantitative estimate of drug-likeness (QED) is 0.842. The maximum absolute atomic E-state index is 14.4. The Morgan fingerprint density at radius 3 is 2.16 bits per heavy atom. The van der Waals surface area contributed by atoms with Crippen molar-refractivity contribution in [3.8, 4) is 16.9 Å². The summed E-state index contributed by atoms with van der Waals surface area (Å²) >= 11 is 0. The summed E-state index contributed by atoms with van der Waals surface area (Å²) < 4.78 is 19.4. The lowest BCUT2D eigenvalue weighted by Gasteiger charge is -2.18. The summed E-state index contributed by atoms with van der Waals surface area (Å²) in [4.78, 5) is 23.4. The number of nitrogens with one attached hydrogen (secondary N) is 1. The van der Waals surface area contributed by atoms with Gasteiger partial charge in [0.25, 0.3) is 5.91 Å². The lowest BCUT2D eigenvalue weighted by Crippen LogP contribution is -2.44. The Kier molecular flexibility index (Phi) is 5.75. The molecule has 0 saturated carbocycles. The van der Waals surface area contributed by atoms with Crippen LogP contribution in [0, 0.1) is 11.7 Å². The molecule has 0 aliphatic carbocycles. The number of benzene rings is 2. The first-order chi connectivity index (χ1) is 11.8. The first kappa shape index (κ1) is 18.4. The summed E-state index contributed by atoms with van der Waals surface area (Å²) in [5.41, 5.74) is 1.19. The summed E-state index contributed by atoms with van der Waals surface area (Å²) in [6, 6.07) is 10.2. The van der Waals surface area contributed by atoms with Crippen molar-refractivity contribution in [1.82, 2.24) is 5.32 Å². The molecule has 25 heavy (non-hydrogen) atoms. The lowest BCUT2D eigenvalue weighted by molar-refractivity contribution is -0.140. The second-order valence-electron chi connectivity index (χ2n) is 5.96. The van der Waals surface area contributed by atoms with Crippen LogP contribution < -0.4 is 10.1 Å². The van der Waals surface area contributed by atoms with Crippen LogP contribution in [-0.4, -0.2) is 30.1 Å². The van der Waals surface area contributed by atoms with Crippen LogP contribution in [0.3, 0.4) is 0 Å². The molecule has 0 heterocycles. The van der Waals surface area contributed by atoms with Gasteiger partial charge in [0.2, 0.25) is 0 Å². The van der Waals surface area contributed by atoms with Crippen molar-refractivity contribution in [3.05, 3.63) is 53.8 Å². The summed E-state index contributed by atoms with van der Waals surface area (Å²) in [5.74, 6) is -2.24. The van der Waals surface area contributed by atoms with Gasteiger partial charge in [0.05, 0.1) is 12.7 Å². The van der Waals surface area contributed by atoms with E-state index in [4.69, 9.17) is 9.84 Å². The average Bonchev–Trinajstić information content (AvgIpc) is 2.58. The zero-order valence-electron chi connectivity index (χ0n) is 14.2. The van der Waals surface area contributed by atoms with Crippen LogP contribution >= 0.6 is 0 Å². The minimum absolute atomic E-state index is 0.191. The van der Waals surface area contributed by atoms with Crippen molar-refractivity contribution < 1.29 is 23.8 Å². The zero-order chi connectivity index (χ0) is 18.6. The largest absolute Gasteiger partial charge is 0.497 e. The topological polar surface area (TPSA) is 75.6 Å². The van der Waals surface area contributed by atoms with Crippen LogP contribution in [0.4, 0.5) is 4.39 Å². The predicted octanol–water partition coefficient (Wildman–Crippen LogP) is 3.34. The van der Waals surface area contributed by atoms with Crippen LogP contribution in [0.15, 0.2) is 42.5 Å². The molecule has 0 bridgehead atoms. The fourth-order valence-corrected chi connectivity index (χ4v) is 2.39. The van der Waals surface area contributed by atoms with Gasteiger partial charge in [-0.15, -0.1) is 0 Å². The Labute approximate surface area is 145 Å². The molecule has 6 heteroatoms. The maximum Gasteiger partial charge on any atom is 0.326 e. The number of carboxylic acids is 1. The van der Waals surface area contributed by atoms with E-state index in [0.29, 0.717) is 11.3 Å². The standard InChI is InChI=1S/C19H20FNO4/c1-11(2)17(19(23)24)21-18(22)15-9-6-13(10-16(15)20)12-4-7-14(25-3)8-5-12/h4-11,17H,1-3H3,(H,21,22)(H,23,24)/t17-/m1/s1. The van der Waals surface area contributed by atoms with Gasteiger partial charge in [0, 0.05) is 0 Å². The van der Waals surface area contributed by atoms with Crippen molar-refractivity contribution in [2.45, 2.75) is 19.9 Å². The highest BCUT2D eigenvalue weighted by molar-refractivity contribution is 5.97. The van der Waals surface area contributed by atoms with Gasteiger partial charge in [-0.3, -0.25) is 4.79 Å². The van der Waals surface area contributed by atoms with Gasteiger partial charge < -0.3 is 15.2 Å². The fourth-order valence-electron chi connectivity index (χ4n) is 2.39. The fraction of sp³-hybridized carbons (Fsp3) is 0.263. The first-order valence-corrected chi connectivity index (χ1v) is 7.81. The Balaban J connectivity index is 2.23. The van der Waals surface area contributed by atoms with Crippen molar-refractivity contribution in [2.24, 2.45) is 5.92 Å². The first-order valence-electron chi connectivity index (χ1n) is 7.81. The molecular formula is C19H20FNO4. The molecular weight excluding hydrogens is 325 g/mol. The smallest absolute Gasteiger partial charge is 0.326 e. The Morgan fingerprint density at radius 2 is 1.68 bits per heavy atom. The SMILES string of the molecule is COc1ccc(-c2ccc(C(=O)N[C@@H](C(=O)O)C(C)C)c(F)c2)cc1. The normalized spacial score (nSPS) is 11.9. The third-order valence-electron chi connectivity index (χ3n) is 3.86. The average molecular weight is 345 g/mol. The molecule has 1 amide bonds. The van der Waals surface area contributed by atoms with Gasteiger partial charge in [-0.1, -0.05) is 32.0 Å². The number of ether oxygens (including phenoxy) is 1. The van der Waals surface area contributed by atoms with Gasteiger partial charge >= 0.3 is 5.97 Å². The van der Waals surface area contributed by atoms with E-state index < -0.39 is 23.7 Å². The van der Waals surface area contributed by atoms with Gasteiger partial charge in [0.15, 0.2) is 0 Å². The van der Waals surface area contributed by atoms with E-state index in [0.717, 1.165) is 5.56 Å². The van der Waals surface area contributed by atoms with Gasteiger partial charge in [-0.05, 0) is 41.3 Å². The highest BCUT2D eigenvalue weighted by Gasteiger charge is 2.25. The molecule has 2 N–H and O–H groups in total. The van der Waals surface area contributed by atoms with E-state index in [1.165, 1.54) is 12.1 Å². The highest BCUT2D eigenvalue weighted by atomic mass is 19.1. The number of carbonyl (C=O) groups excluding carboxylic acids is 1. The maximum atomic E-state index is 14.4. The van der Waals surface area contributed by atoms with Crippen LogP contribution in [-0.2, 0) is 4.79 Å². The van der Waals surface area contributed by atoms with Crippen molar-refractivity contribution in [3.63, 3.8) is 0 Å². The van der Waals surface area contributed by atoms with E-state index in [-0.39, 0.29) is 11.5 Å².